The molecule has 9 heteroatoms. The average Bonchev–Trinajstić information content (AvgIpc) is 3.27. The van der Waals surface area contributed by atoms with Crippen LogP contribution in [0.15, 0.2) is 94.6 Å². The Hall–Kier alpha value is -2.02. The SMILES string of the molecule is O=[As]1C(Sc2ccccn2)C(c2ccccc2)C2Oc3cc(Cl)c(-c4ccc(Br)cc4)nc3C21O. The molecule has 5 nitrogen and oxygen atoms in total. The number of aliphatic hydroxyl groups is 1. The molecular formula is C26H18AsBrClN2O3S. The summed E-state index contributed by atoms with van der Waals surface area (Å²) in [5, 5.41) is 13.3. The van der Waals surface area contributed by atoms with Gasteiger partial charge < -0.3 is 0 Å². The van der Waals surface area contributed by atoms with Gasteiger partial charge in [-0.25, -0.2) is 0 Å². The van der Waals surface area contributed by atoms with Gasteiger partial charge in [0.1, 0.15) is 0 Å². The number of pyridine rings is 2. The topological polar surface area (TPSA) is 72.3 Å². The summed E-state index contributed by atoms with van der Waals surface area (Å²) in [6.07, 6.45) is 0.981. The second-order valence-electron chi connectivity index (χ2n) is 8.38. The van der Waals surface area contributed by atoms with Crippen LogP contribution in [0.25, 0.3) is 11.3 Å². The zero-order chi connectivity index (χ0) is 24.2. The van der Waals surface area contributed by atoms with Gasteiger partial charge in [0, 0.05) is 0 Å². The van der Waals surface area contributed by atoms with E-state index in [4.69, 9.17) is 21.3 Å². The first-order chi connectivity index (χ1) is 17.0. The van der Waals surface area contributed by atoms with Gasteiger partial charge in [-0.15, -0.1) is 0 Å². The van der Waals surface area contributed by atoms with Crippen LogP contribution in [0.5, 0.6) is 5.75 Å². The number of hydrogen-bond donors (Lipinski definition) is 1. The van der Waals surface area contributed by atoms with Crippen molar-refractivity contribution in [3.05, 3.63) is 106 Å². The van der Waals surface area contributed by atoms with Crippen LogP contribution in [0.2, 0.25) is 5.02 Å². The molecule has 2 aliphatic rings. The van der Waals surface area contributed by atoms with Gasteiger partial charge in [-0.3, -0.25) is 0 Å². The van der Waals surface area contributed by atoms with Gasteiger partial charge in [-0.1, -0.05) is 0 Å². The van der Waals surface area contributed by atoms with E-state index >= 15 is 0 Å². The summed E-state index contributed by atoms with van der Waals surface area (Å²) >= 11 is 8.22. The van der Waals surface area contributed by atoms with Crippen molar-refractivity contribution < 1.29 is 13.6 Å². The second-order valence-corrected chi connectivity index (χ2v) is 15.6. The summed E-state index contributed by atoms with van der Waals surface area (Å²) in [4.78, 5) is 9.20. The van der Waals surface area contributed by atoms with Crippen molar-refractivity contribution in [1.82, 2.24) is 9.97 Å². The Balaban J connectivity index is 1.48. The van der Waals surface area contributed by atoms with E-state index in [1.165, 1.54) is 11.8 Å². The fraction of sp³-hybridized carbons (Fsp3) is 0.154. The van der Waals surface area contributed by atoms with Crippen LogP contribution in [0, 0.1) is 0 Å². The monoisotopic (exact) mass is 627 g/mol. The Morgan fingerprint density at radius 3 is 2.51 bits per heavy atom. The summed E-state index contributed by atoms with van der Waals surface area (Å²) in [6, 6.07) is 24.7. The number of ether oxygens (including phenoxy) is 1. The normalized spacial score (nSPS) is 25.7. The number of thioether (sulfide) groups is 1. The third-order valence-corrected chi connectivity index (χ3v) is 13.8. The van der Waals surface area contributed by atoms with Crippen LogP contribution in [0.3, 0.4) is 0 Å². The molecule has 4 aromatic rings. The van der Waals surface area contributed by atoms with E-state index in [9.17, 15) is 8.85 Å². The van der Waals surface area contributed by atoms with Gasteiger partial charge in [-0.05, 0) is 0 Å². The molecule has 4 heterocycles. The molecule has 0 aliphatic carbocycles. The van der Waals surface area contributed by atoms with E-state index in [-0.39, 0.29) is 9.96 Å². The minimum absolute atomic E-state index is 0.310. The van der Waals surface area contributed by atoms with Crippen molar-refractivity contribution in [2.75, 3.05) is 0 Å². The molecule has 35 heavy (non-hydrogen) atoms. The van der Waals surface area contributed by atoms with Crippen molar-refractivity contribution >= 4 is 53.9 Å². The number of halogens is 2. The predicted octanol–water partition coefficient (Wildman–Crippen LogP) is 5.97. The van der Waals surface area contributed by atoms with Crippen molar-refractivity contribution in [3.8, 4) is 17.0 Å². The van der Waals surface area contributed by atoms with E-state index in [1.807, 2.05) is 72.8 Å². The molecule has 6 rings (SSSR count). The van der Waals surface area contributed by atoms with Crippen molar-refractivity contribution in [2.24, 2.45) is 0 Å². The molecule has 0 spiro atoms. The number of fused-ring (bicyclic) bond motifs is 3. The molecule has 5 atom stereocenters. The van der Waals surface area contributed by atoms with E-state index in [0.29, 0.717) is 22.2 Å². The number of nitrogens with zero attached hydrogens (tertiary/aromatic N) is 2. The average molecular weight is 629 g/mol. The van der Waals surface area contributed by atoms with Crippen molar-refractivity contribution in [3.63, 3.8) is 0 Å². The van der Waals surface area contributed by atoms with E-state index < -0.39 is 25.1 Å². The molecule has 2 aromatic carbocycles. The Kier molecular flexibility index (Phi) is 6.10. The van der Waals surface area contributed by atoms with Gasteiger partial charge in [-0.2, -0.15) is 0 Å². The van der Waals surface area contributed by atoms with Gasteiger partial charge in [0.25, 0.3) is 0 Å². The van der Waals surface area contributed by atoms with Gasteiger partial charge >= 0.3 is 226 Å². The Labute approximate surface area is 224 Å². The zero-order valence-corrected chi connectivity index (χ0v) is 23.1. The first-order valence-electron chi connectivity index (χ1n) is 10.9. The molecular weight excluding hydrogens is 611 g/mol. The standard InChI is InChI=1S/C26H18AsBrClN2O3S/c28-17-11-9-16(10-12-17)22-18(29)14-19-23(31-22)26(32)24(34-19)21(15-6-2-1-3-7-15)25(27(26)33)35-20-8-4-5-13-30-20/h1-14,21,24-25,32H. The molecule has 1 radical (unpaired) electrons. The van der Waals surface area contributed by atoms with Crippen LogP contribution >= 0.6 is 39.3 Å². The molecule has 0 amide bonds. The van der Waals surface area contributed by atoms with Crippen LogP contribution in [0.1, 0.15) is 17.2 Å². The molecule has 0 bridgehead atoms. The van der Waals surface area contributed by atoms with Gasteiger partial charge in [0.05, 0.1) is 0 Å². The van der Waals surface area contributed by atoms with Crippen LogP contribution in [-0.4, -0.2) is 39.8 Å². The van der Waals surface area contributed by atoms with Crippen LogP contribution < -0.4 is 4.74 Å². The molecule has 2 aliphatic heterocycles. The third-order valence-electron chi connectivity index (χ3n) is 6.32. The molecule has 1 saturated heterocycles. The molecule has 2 aromatic heterocycles. The number of benzene rings is 2. The van der Waals surface area contributed by atoms with Crippen molar-refractivity contribution in [2.45, 2.75) is 25.5 Å². The Morgan fingerprint density at radius 2 is 1.80 bits per heavy atom. The first-order valence-corrected chi connectivity index (χ1v) is 15.8. The first kappa shape index (κ1) is 23.4. The van der Waals surface area contributed by atoms with Crippen LogP contribution in [-0.2, 0) is 8.13 Å². The van der Waals surface area contributed by atoms with E-state index in [1.54, 1.807) is 12.3 Å². The molecule has 1 N–H and O–H groups in total. The second kappa shape index (κ2) is 9.13. The molecule has 0 saturated carbocycles. The van der Waals surface area contributed by atoms with E-state index in [0.717, 1.165) is 20.6 Å². The summed E-state index contributed by atoms with van der Waals surface area (Å²) in [6.45, 7) is 0. The summed E-state index contributed by atoms with van der Waals surface area (Å²) in [5.74, 6) is 0.0793. The molecule has 5 unspecified atom stereocenters. The summed E-state index contributed by atoms with van der Waals surface area (Å²) in [7, 11) is 0. The summed E-state index contributed by atoms with van der Waals surface area (Å²) in [5.41, 5.74) is 2.60. The van der Waals surface area contributed by atoms with Crippen LogP contribution in [0.4, 0.5) is 0 Å². The predicted molar refractivity (Wildman–Crippen MR) is 140 cm³/mol. The summed E-state index contributed by atoms with van der Waals surface area (Å²) < 4.78 is 19.4. The van der Waals surface area contributed by atoms with Gasteiger partial charge in [0.15, 0.2) is 0 Å². The maximum atomic E-state index is 14.2. The zero-order valence-electron chi connectivity index (χ0n) is 18.1. The minimum atomic E-state index is -3.26. The number of rotatable bonds is 4. The van der Waals surface area contributed by atoms with E-state index in [2.05, 4.69) is 20.9 Å². The Bertz CT molecular complexity index is 1430. The maximum absolute atomic E-state index is 14.2. The van der Waals surface area contributed by atoms with Gasteiger partial charge in [0.2, 0.25) is 0 Å². The number of aromatic nitrogens is 2. The van der Waals surface area contributed by atoms with Crippen molar-refractivity contribution in [1.29, 1.82) is 0 Å². The molecule has 1 fully saturated rings. The fourth-order valence-electron chi connectivity index (χ4n) is 4.71. The fourth-order valence-corrected chi connectivity index (χ4v) is 12.3. The quantitative estimate of drug-likeness (QED) is 0.281. The third kappa shape index (κ3) is 3.89. The molecule has 175 valence electrons. The number of hydrogen-bond acceptors (Lipinski definition) is 6. The Morgan fingerprint density at radius 1 is 1.06 bits per heavy atom.